The van der Waals surface area contributed by atoms with Crippen LogP contribution in [0.3, 0.4) is 0 Å². The van der Waals surface area contributed by atoms with Crippen LogP contribution in [0, 0.1) is 0 Å². The highest BCUT2D eigenvalue weighted by Crippen LogP contribution is 2.29. The fourth-order valence-electron chi connectivity index (χ4n) is 3.76. The van der Waals surface area contributed by atoms with Crippen molar-refractivity contribution >= 4 is 21.9 Å². The van der Waals surface area contributed by atoms with E-state index >= 15 is 0 Å². The molecule has 0 N–H and O–H groups in total. The van der Waals surface area contributed by atoms with E-state index < -0.39 is 0 Å². The van der Waals surface area contributed by atoms with Gasteiger partial charge < -0.3 is 0 Å². The number of nitrogens with zero attached hydrogens (tertiary/aromatic N) is 4. The Morgan fingerprint density at radius 1 is 0.929 bits per heavy atom. The number of pyridine rings is 2. The van der Waals surface area contributed by atoms with Crippen molar-refractivity contribution in [3.05, 3.63) is 89.7 Å². The van der Waals surface area contributed by atoms with E-state index in [2.05, 4.69) is 16.0 Å². The van der Waals surface area contributed by atoms with Crippen molar-refractivity contribution in [3.8, 4) is 16.8 Å². The van der Waals surface area contributed by atoms with Crippen LogP contribution in [0.2, 0.25) is 0 Å². The van der Waals surface area contributed by atoms with Crippen molar-refractivity contribution in [1.29, 1.82) is 0 Å². The molecule has 0 aliphatic carbocycles. The van der Waals surface area contributed by atoms with E-state index in [0.717, 1.165) is 38.8 Å². The molecule has 0 fully saturated rings. The van der Waals surface area contributed by atoms with Crippen LogP contribution in [0.4, 0.5) is 0 Å². The van der Waals surface area contributed by atoms with Crippen LogP contribution < -0.4 is 5.69 Å². The lowest BCUT2D eigenvalue weighted by Gasteiger charge is -2.08. The summed E-state index contributed by atoms with van der Waals surface area (Å²) < 4.78 is 3.56. The fourth-order valence-corrected chi connectivity index (χ4v) is 3.76. The fraction of sp³-hybridized carbons (Fsp3) is 0.0870. The predicted octanol–water partition coefficient (Wildman–Crippen LogP) is 4.42. The first-order valence-electron chi connectivity index (χ1n) is 9.28. The molecule has 0 unspecified atom stereocenters. The number of hydrogen-bond donors (Lipinski definition) is 0. The maximum absolute atomic E-state index is 13.2. The van der Waals surface area contributed by atoms with Crippen molar-refractivity contribution in [2.45, 2.75) is 13.5 Å². The van der Waals surface area contributed by atoms with Crippen LogP contribution in [0.5, 0.6) is 0 Å². The van der Waals surface area contributed by atoms with Gasteiger partial charge in [0.25, 0.3) is 0 Å². The molecule has 136 valence electrons. The summed E-state index contributed by atoms with van der Waals surface area (Å²) in [6.07, 6.45) is 5.40. The van der Waals surface area contributed by atoms with Gasteiger partial charge in [-0.25, -0.2) is 4.79 Å². The minimum Gasteiger partial charge on any atom is -0.290 e. The van der Waals surface area contributed by atoms with Crippen LogP contribution in [0.1, 0.15) is 6.92 Å². The molecule has 3 heterocycles. The van der Waals surface area contributed by atoms with Gasteiger partial charge in [-0.3, -0.25) is 19.1 Å². The molecule has 0 aliphatic rings. The third kappa shape index (κ3) is 2.44. The Bertz CT molecular complexity index is 1350. The van der Waals surface area contributed by atoms with E-state index in [4.69, 9.17) is 0 Å². The number of hydrogen-bond acceptors (Lipinski definition) is 3. The third-order valence-corrected chi connectivity index (χ3v) is 5.08. The molecule has 5 aromatic rings. The molecule has 0 amide bonds. The molecule has 0 aliphatic heterocycles. The van der Waals surface area contributed by atoms with E-state index in [9.17, 15) is 4.79 Å². The first-order valence-corrected chi connectivity index (χ1v) is 9.28. The Kier molecular flexibility index (Phi) is 3.79. The highest BCUT2D eigenvalue weighted by molar-refractivity contribution is 6.04. The smallest absolute Gasteiger partial charge is 0.290 e. The van der Waals surface area contributed by atoms with Crippen LogP contribution in [-0.4, -0.2) is 19.1 Å². The Morgan fingerprint density at radius 2 is 1.79 bits per heavy atom. The van der Waals surface area contributed by atoms with E-state index in [-0.39, 0.29) is 5.69 Å². The number of aryl methyl sites for hydroxylation is 1. The van der Waals surface area contributed by atoms with Gasteiger partial charge in [-0.15, -0.1) is 0 Å². The van der Waals surface area contributed by atoms with Crippen LogP contribution in [-0.2, 0) is 6.54 Å². The first kappa shape index (κ1) is 16.4. The molecule has 5 rings (SSSR count). The topological polar surface area (TPSA) is 52.7 Å². The lowest BCUT2D eigenvalue weighted by atomic mass is 10.0. The zero-order chi connectivity index (χ0) is 19.1. The number of para-hydroxylation sites is 1. The lowest BCUT2D eigenvalue weighted by molar-refractivity contribution is 0.733. The van der Waals surface area contributed by atoms with Crippen molar-refractivity contribution < 1.29 is 0 Å². The summed E-state index contributed by atoms with van der Waals surface area (Å²) in [6.45, 7) is 2.57. The second-order valence-corrected chi connectivity index (χ2v) is 6.66. The second kappa shape index (κ2) is 6.46. The highest BCUT2D eigenvalue weighted by Gasteiger charge is 2.17. The molecule has 0 atom stereocenters. The average molecular weight is 366 g/mol. The van der Waals surface area contributed by atoms with Gasteiger partial charge in [-0.05, 0) is 42.8 Å². The molecule has 0 spiro atoms. The number of aromatic nitrogens is 4. The van der Waals surface area contributed by atoms with E-state index in [0.29, 0.717) is 6.54 Å². The van der Waals surface area contributed by atoms with Gasteiger partial charge in [0.05, 0.1) is 28.4 Å². The number of rotatable bonds is 3. The Labute approximate surface area is 161 Å². The molecule has 0 saturated carbocycles. The van der Waals surface area contributed by atoms with Crippen LogP contribution in [0.25, 0.3) is 38.8 Å². The van der Waals surface area contributed by atoms with Gasteiger partial charge in [0.2, 0.25) is 0 Å². The molecule has 5 nitrogen and oxygen atoms in total. The summed E-state index contributed by atoms with van der Waals surface area (Å²) >= 11 is 0. The standard InChI is InChI=1S/C23H18N4O/c1-2-26-21-15-25-20-11-10-16(17-7-6-12-24-14-17)13-19(20)22(21)27(23(26)28)18-8-4-3-5-9-18/h3-15H,2H2,1H3. The molecular formula is C23H18N4O. The first-order chi connectivity index (χ1) is 13.8. The van der Waals surface area contributed by atoms with Crippen molar-refractivity contribution in [1.82, 2.24) is 19.1 Å². The van der Waals surface area contributed by atoms with E-state index in [1.54, 1.807) is 21.5 Å². The van der Waals surface area contributed by atoms with Crippen LogP contribution >= 0.6 is 0 Å². The summed E-state index contributed by atoms with van der Waals surface area (Å²) in [7, 11) is 0. The third-order valence-electron chi connectivity index (χ3n) is 5.08. The monoisotopic (exact) mass is 366 g/mol. The lowest BCUT2D eigenvalue weighted by Crippen LogP contribution is -2.22. The van der Waals surface area contributed by atoms with E-state index in [1.165, 1.54) is 0 Å². The van der Waals surface area contributed by atoms with Crippen molar-refractivity contribution in [2.24, 2.45) is 0 Å². The molecular weight excluding hydrogens is 348 g/mol. The largest absolute Gasteiger partial charge is 0.333 e. The van der Waals surface area contributed by atoms with E-state index in [1.807, 2.05) is 67.7 Å². The van der Waals surface area contributed by atoms with Crippen molar-refractivity contribution in [2.75, 3.05) is 0 Å². The number of benzene rings is 2. The normalized spacial score (nSPS) is 11.3. The van der Waals surface area contributed by atoms with Crippen molar-refractivity contribution in [3.63, 3.8) is 0 Å². The summed E-state index contributed by atoms with van der Waals surface area (Å²) in [5, 5.41) is 0.951. The molecule has 2 aromatic carbocycles. The van der Waals surface area contributed by atoms with Crippen LogP contribution in [0.15, 0.2) is 84.0 Å². The maximum Gasteiger partial charge on any atom is 0.333 e. The number of fused-ring (bicyclic) bond motifs is 3. The molecule has 28 heavy (non-hydrogen) atoms. The van der Waals surface area contributed by atoms with Gasteiger partial charge >= 0.3 is 5.69 Å². The summed E-state index contributed by atoms with van der Waals surface area (Å²) in [6, 6.07) is 19.8. The molecule has 0 radical (unpaired) electrons. The Morgan fingerprint density at radius 3 is 2.54 bits per heavy atom. The Hall–Kier alpha value is -3.73. The zero-order valence-electron chi connectivity index (χ0n) is 15.4. The molecule has 5 heteroatoms. The summed E-state index contributed by atoms with van der Waals surface area (Å²) in [5.74, 6) is 0. The van der Waals surface area contributed by atoms with Gasteiger partial charge in [-0.1, -0.05) is 30.3 Å². The average Bonchev–Trinajstić information content (AvgIpc) is 3.06. The highest BCUT2D eigenvalue weighted by atomic mass is 16.1. The van der Waals surface area contributed by atoms with Gasteiger partial charge in [0, 0.05) is 29.9 Å². The minimum absolute atomic E-state index is 0.0511. The molecule has 0 bridgehead atoms. The zero-order valence-corrected chi connectivity index (χ0v) is 15.4. The van der Waals surface area contributed by atoms with Gasteiger partial charge in [0.1, 0.15) is 0 Å². The quantitative estimate of drug-likeness (QED) is 0.475. The molecule has 3 aromatic heterocycles. The Balaban J connectivity index is 1.92. The predicted molar refractivity (Wildman–Crippen MR) is 112 cm³/mol. The molecule has 0 saturated heterocycles. The summed E-state index contributed by atoms with van der Waals surface area (Å²) in [4.78, 5) is 22.0. The second-order valence-electron chi connectivity index (χ2n) is 6.66. The number of imidazole rings is 1. The van der Waals surface area contributed by atoms with Gasteiger partial charge in [-0.2, -0.15) is 0 Å². The maximum atomic E-state index is 13.2. The SMILES string of the molecule is CCn1c(=O)n(-c2ccccc2)c2c3cc(-c4cccnc4)ccc3ncc21. The summed E-state index contributed by atoms with van der Waals surface area (Å²) in [5.41, 5.74) is 5.46. The minimum atomic E-state index is -0.0511. The van der Waals surface area contributed by atoms with Gasteiger partial charge in [0.15, 0.2) is 0 Å².